The predicted molar refractivity (Wildman–Crippen MR) is 51.3 cm³/mol. The van der Waals surface area contributed by atoms with Crippen LogP contribution in [0.3, 0.4) is 0 Å². The first-order chi connectivity index (χ1) is 6.27. The van der Waals surface area contributed by atoms with Crippen LogP contribution in [0.2, 0.25) is 0 Å². The van der Waals surface area contributed by atoms with Crippen LogP contribution in [0.25, 0.3) is 0 Å². The van der Waals surface area contributed by atoms with Crippen LogP contribution in [0.1, 0.15) is 51.3 Å². The number of nitrogens with zero attached hydrogens (tertiary/aromatic N) is 2. The minimum atomic E-state index is 0.243. The van der Waals surface area contributed by atoms with Crippen molar-refractivity contribution in [1.82, 2.24) is 10.1 Å². The Morgan fingerprint density at radius 3 is 2.31 bits per heavy atom. The molecule has 0 fully saturated rings. The molecule has 2 N–H and O–H groups in total. The van der Waals surface area contributed by atoms with Crippen LogP contribution < -0.4 is 5.73 Å². The third-order valence-corrected chi connectivity index (χ3v) is 2.08. The quantitative estimate of drug-likeness (QED) is 0.760. The molecule has 0 aromatic carbocycles. The van der Waals surface area contributed by atoms with Gasteiger partial charge in [0.15, 0.2) is 0 Å². The Bertz CT molecular complexity index is 241. The average molecular weight is 183 g/mol. The standard InChI is InChI=1S/C9H17N3O/c1-3-5-7(6-4-2)8-11-9(10)12-13-8/h7H,3-6H2,1-2H3,(H2,10,12). The van der Waals surface area contributed by atoms with Gasteiger partial charge in [-0.15, -0.1) is 0 Å². The van der Waals surface area contributed by atoms with Crippen molar-refractivity contribution >= 4 is 5.95 Å². The Balaban J connectivity index is 2.63. The summed E-state index contributed by atoms with van der Waals surface area (Å²) in [5, 5.41) is 3.59. The van der Waals surface area contributed by atoms with Gasteiger partial charge in [-0.1, -0.05) is 26.7 Å². The van der Waals surface area contributed by atoms with Crippen molar-refractivity contribution in [2.24, 2.45) is 0 Å². The molecule has 1 aromatic heterocycles. The zero-order valence-corrected chi connectivity index (χ0v) is 8.29. The molecular formula is C9H17N3O. The van der Waals surface area contributed by atoms with Gasteiger partial charge in [0.2, 0.25) is 5.89 Å². The highest BCUT2D eigenvalue weighted by molar-refractivity contribution is 5.12. The summed E-state index contributed by atoms with van der Waals surface area (Å²) in [5.41, 5.74) is 5.39. The summed E-state index contributed by atoms with van der Waals surface area (Å²) in [6.45, 7) is 4.31. The SMILES string of the molecule is CCCC(CCC)c1nc(N)no1. The van der Waals surface area contributed by atoms with Gasteiger partial charge in [-0.25, -0.2) is 0 Å². The summed E-state index contributed by atoms with van der Waals surface area (Å²) in [7, 11) is 0. The fraction of sp³-hybridized carbons (Fsp3) is 0.778. The van der Waals surface area contributed by atoms with Gasteiger partial charge in [0.05, 0.1) is 0 Å². The lowest BCUT2D eigenvalue weighted by atomic mass is 9.98. The molecule has 4 nitrogen and oxygen atoms in total. The van der Waals surface area contributed by atoms with Crippen molar-refractivity contribution < 1.29 is 4.52 Å². The lowest BCUT2D eigenvalue weighted by molar-refractivity contribution is 0.337. The molecule has 0 saturated heterocycles. The Morgan fingerprint density at radius 2 is 1.92 bits per heavy atom. The fourth-order valence-electron chi connectivity index (χ4n) is 1.50. The molecule has 0 unspecified atom stereocenters. The van der Waals surface area contributed by atoms with E-state index in [0.717, 1.165) is 25.7 Å². The van der Waals surface area contributed by atoms with Crippen LogP contribution in [-0.4, -0.2) is 10.1 Å². The summed E-state index contributed by atoms with van der Waals surface area (Å²) < 4.78 is 5.05. The van der Waals surface area contributed by atoms with E-state index in [1.54, 1.807) is 0 Å². The summed E-state index contributed by atoms with van der Waals surface area (Å²) in [6, 6.07) is 0. The van der Waals surface area contributed by atoms with Crippen LogP contribution in [0.5, 0.6) is 0 Å². The molecular weight excluding hydrogens is 166 g/mol. The Labute approximate surface area is 78.5 Å². The lowest BCUT2D eigenvalue weighted by Gasteiger charge is -2.08. The number of anilines is 1. The first-order valence-corrected chi connectivity index (χ1v) is 4.87. The molecule has 1 aromatic rings. The molecule has 0 amide bonds. The molecule has 13 heavy (non-hydrogen) atoms. The zero-order valence-electron chi connectivity index (χ0n) is 8.29. The second-order valence-corrected chi connectivity index (χ2v) is 3.27. The maximum atomic E-state index is 5.39. The van der Waals surface area contributed by atoms with Crippen molar-refractivity contribution in [2.75, 3.05) is 5.73 Å². The number of hydrogen-bond acceptors (Lipinski definition) is 4. The summed E-state index contributed by atoms with van der Waals surface area (Å²) in [4.78, 5) is 4.05. The van der Waals surface area contributed by atoms with Crippen molar-refractivity contribution in [3.63, 3.8) is 0 Å². The molecule has 0 bridgehead atoms. The van der Waals surface area contributed by atoms with Gasteiger partial charge in [-0.2, -0.15) is 4.98 Å². The predicted octanol–water partition coefficient (Wildman–Crippen LogP) is 2.34. The number of hydrogen-bond donors (Lipinski definition) is 1. The topological polar surface area (TPSA) is 64.9 Å². The Hall–Kier alpha value is -1.06. The third-order valence-electron chi connectivity index (χ3n) is 2.08. The maximum Gasteiger partial charge on any atom is 0.260 e. The van der Waals surface area contributed by atoms with Gasteiger partial charge < -0.3 is 10.3 Å². The van der Waals surface area contributed by atoms with Crippen LogP contribution in [0, 0.1) is 0 Å². The van der Waals surface area contributed by atoms with Crippen molar-refractivity contribution in [3.05, 3.63) is 5.89 Å². The summed E-state index contributed by atoms with van der Waals surface area (Å²) in [6.07, 6.45) is 4.45. The van der Waals surface area contributed by atoms with E-state index in [2.05, 4.69) is 24.0 Å². The van der Waals surface area contributed by atoms with E-state index in [4.69, 9.17) is 10.3 Å². The molecule has 74 valence electrons. The molecule has 1 heterocycles. The Kier molecular flexibility index (Phi) is 3.73. The molecule has 0 aliphatic heterocycles. The highest BCUT2D eigenvalue weighted by Gasteiger charge is 2.16. The molecule has 0 spiro atoms. The highest BCUT2D eigenvalue weighted by atomic mass is 16.5. The van der Waals surface area contributed by atoms with Crippen LogP contribution in [-0.2, 0) is 0 Å². The van der Waals surface area contributed by atoms with Crippen LogP contribution >= 0.6 is 0 Å². The molecule has 0 atom stereocenters. The van der Waals surface area contributed by atoms with E-state index in [9.17, 15) is 0 Å². The summed E-state index contributed by atoms with van der Waals surface area (Å²) in [5.74, 6) is 1.33. The average Bonchev–Trinajstić information content (AvgIpc) is 2.51. The second-order valence-electron chi connectivity index (χ2n) is 3.27. The third kappa shape index (κ3) is 2.72. The van der Waals surface area contributed by atoms with Gasteiger partial charge in [-0.05, 0) is 18.0 Å². The number of nitrogens with two attached hydrogens (primary N) is 1. The molecule has 0 aliphatic carbocycles. The van der Waals surface area contributed by atoms with E-state index in [0.29, 0.717) is 11.8 Å². The lowest BCUT2D eigenvalue weighted by Crippen LogP contribution is -1.99. The van der Waals surface area contributed by atoms with Crippen LogP contribution in [0.15, 0.2) is 4.52 Å². The van der Waals surface area contributed by atoms with E-state index in [-0.39, 0.29) is 5.95 Å². The fourth-order valence-corrected chi connectivity index (χ4v) is 1.50. The molecule has 0 aliphatic rings. The smallest absolute Gasteiger partial charge is 0.260 e. The van der Waals surface area contributed by atoms with Crippen LogP contribution in [0.4, 0.5) is 5.95 Å². The zero-order chi connectivity index (χ0) is 9.68. The van der Waals surface area contributed by atoms with E-state index < -0.39 is 0 Å². The van der Waals surface area contributed by atoms with Gasteiger partial charge in [0, 0.05) is 5.92 Å². The van der Waals surface area contributed by atoms with Gasteiger partial charge in [0.25, 0.3) is 5.95 Å². The first kappa shape index (κ1) is 10.0. The highest BCUT2D eigenvalue weighted by Crippen LogP contribution is 2.24. The van der Waals surface area contributed by atoms with Crippen molar-refractivity contribution in [1.29, 1.82) is 0 Å². The summed E-state index contributed by atoms with van der Waals surface area (Å²) >= 11 is 0. The molecule has 0 saturated carbocycles. The minimum Gasteiger partial charge on any atom is -0.365 e. The molecule has 1 rings (SSSR count). The minimum absolute atomic E-state index is 0.243. The Morgan fingerprint density at radius 1 is 1.31 bits per heavy atom. The molecule has 4 heteroatoms. The monoisotopic (exact) mass is 183 g/mol. The second kappa shape index (κ2) is 4.84. The van der Waals surface area contributed by atoms with E-state index in [1.807, 2.05) is 0 Å². The van der Waals surface area contributed by atoms with E-state index in [1.165, 1.54) is 0 Å². The number of aromatic nitrogens is 2. The maximum absolute atomic E-state index is 5.39. The van der Waals surface area contributed by atoms with Gasteiger partial charge in [-0.3, -0.25) is 0 Å². The largest absolute Gasteiger partial charge is 0.365 e. The number of rotatable bonds is 5. The van der Waals surface area contributed by atoms with E-state index >= 15 is 0 Å². The molecule has 0 radical (unpaired) electrons. The van der Waals surface area contributed by atoms with Gasteiger partial charge in [0.1, 0.15) is 0 Å². The van der Waals surface area contributed by atoms with Crippen molar-refractivity contribution in [3.8, 4) is 0 Å². The number of nitrogen functional groups attached to an aromatic ring is 1. The van der Waals surface area contributed by atoms with Gasteiger partial charge >= 0.3 is 0 Å². The first-order valence-electron chi connectivity index (χ1n) is 4.87. The normalized spacial score (nSPS) is 11.0. The van der Waals surface area contributed by atoms with Crippen molar-refractivity contribution in [2.45, 2.75) is 45.4 Å².